The summed E-state index contributed by atoms with van der Waals surface area (Å²) in [6.07, 6.45) is -0.0530. The van der Waals surface area contributed by atoms with Crippen LogP contribution in [-0.4, -0.2) is 19.3 Å². The predicted molar refractivity (Wildman–Crippen MR) is 78.8 cm³/mol. The molecular formula is C17H20O3. The third-order valence-electron chi connectivity index (χ3n) is 3.32. The number of aliphatic hydroxyl groups is 1. The quantitative estimate of drug-likeness (QED) is 0.878. The fraction of sp³-hybridized carbons (Fsp3) is 0.294. The van der Waals surface area contributed by atoms with Crippen LogP contribution in [0.1, 0.15) is 22.8 Å². The maximum absolute atomic E-state index is 10.5. The van der Waals surface area contributed by atoms with E-state index in [0.29, 0.717) is 13.0 Å². The van der Waals surface area contributed by atoms with Crippen molar-refractivity contribution in [2.45, 2.75) is 19.1 Å². The Morgan fingerprint density at radius 3 is 2.30 bits per heavy atom. The lowest BCUT2D eigenvalue weighted by atomic mass is 9.97. The van der Waals surface area contributed by atoms with Crippen LogP contribution in [-0.2, 0) is 17.8 Å². The molecule has 106 valence electrons. The molecule has 0 fully saturated rings. The molecule has 0 aliphatic carbocycles. The molecule has 3 nitrogen and oxygen atoms in total. The van der Waals surface area contributed by atoms with Crippen LogP contribution < -0.4 is 4.74 Å². The van der Waals surface area contributed by atoms with E-state index in [1.165, 1.54) is 0 Å². The van der Waals surface area contributed by atoms with Gasteiger partial charge in [0.25, 0.3) is 0 Å². The minimum atomic E-state index is -0.572. The fourth-order valence-corrected chi connectivity index (χ4v) is 2.34. The Bertz CT molecular complexity index is 551. The first-order valence-corrected chi connectivity index (χ1v) is 6.63. The van der Waals surface area contributed by atoms with Crippen molar-refractivity contribution in [3.8, 4) is 5.75 Å². The minimum absolute atomic E-state index is 0.499. The van der Waals surface area contributed by atoms with E-state index in [1.807, 2.05) is 48.5 Å². The molecule has 0 aliphatic heterocycles. The number of hydrogen-bond acceptors (Lipinski definition) is 3. The highest BCUT2D eigenvalue weighted by Gasteiger charge is 2.14. The Hall–Kier alpha value is -1.84. The Morgan fingerprint density at radius 2 is 1.60 bits per heavy atom. The van der Waals surface area contributed by atoms with Crippen molar-refractivity contribution in [1.29, 1.82) is 0 Å². The van der Waals surface area contributed by atoms with Gasteiger partial charge in [-0.15, -0.1) is 0 Å². The number of benzene rings is 2. The lowest BCUT2D eigenvalue weighted by Crippen LogP contribution is -2.07. The van der Waals surface area contributed by atoms with E-state index in [0.717, 1.165) is 22.4 Å². The van der Waals surface area contributed by atoms with Crippen molar-refractivity contribution >= 4 is 0 Å². The Kier molecular flexibility index (Phi) is 5.16. The maximum atomic E-state index is 10.5. The summed E-state index contributed by atoms with van der Waals surface area (Å²) < 4.78 is 10.5. The molecule has 0 spiro atoms. The van der Waals surface area contributed by atoms with E-state index in [4.69, 9.17) is 9.47 Å². The zero-order valence-corrected chi connectivity index (χ0v) is 11.9. The summed E-state index contributed by atoms with van der Waals surface area (Å²) in [6, 6.07) is 15.6. The predicted octanol–water partition coefficient (Wildman–Crippen LogP) is 3.12. The second kappa shape index (κ2) is 7.08. The number of ether oxygens (including phenoxy) is 2. The van der Waals surface area contributed by atoms with Crippen LogP contribution in [0.5, 0.6) is 5.75 Å². The van der Waals surface area contributed by atoms with Gasteiger partial charge in [-0.1, -0.05) is 42.5 Å². The molecule has 1 N–H and O–H groups in total. The van der Waals surface area contributed by atoms with E-state index < -0.39 is 6.10 Å². The number of para-hydroxylation sites is 1. The minimum Gasteiger partial charge on any atom is -0.496 e. The van der Waals surface area contributed by atoms with Crippen molar-refractivity contribution in [2.75, 3.05) is 14.2 Å². The Balaban J connectivity index is 2.21. The van der Waals surface area contributed by atoms with Crippen molar-refractivity contribution in [1.82, 2.24) is 0 Å². The topological polar surface area (TPSA) is 38.7 Å². The molecule has 1 unspecified atom stereocenters. The molecule has 0 aliphatic rings. The first-order chi connectivity index (χ1) is 9.76. The zero-order valence-electron chi connectivity index (χ0n) is 11.9. The SMILES string of the molecule is COCc1ccccc1C(O)Cc1ccccc1OC. The van der Waals surface area contributed by atoms with Crippen molar-refractivity contribution < 1.29 is 14.6 Å². The van der Waals surface area contributed by atoms with Gasteiger partial charge < -0.3 is 14.6 Å². The summed E-state index contributed by atoms with van der Waals surface area (Å²) in [5, 5.41) is 10.5. The van der Waals surface area contributed by atoms with Crippen molar-refractivity contribution in [3.63, 3.8) is 0 Å². The Labute approximate surface area is 119 Å². The molecule has 3 heteroatoms. The second-order valence-electron chi connectivity index (χ2n) is 4.66. The third-order valence-corrected chi connectivity index (χ3v) is 3.32. The van der Waals surface area contributed by atoms with Gasteiger partial charge in [0, 0.05) is 13.5 Å². The largest absolute Gasteiger partial charge is 0.496 e. The van der Waals surface area contributed by atoms with Crippen LogP contribution in [0.3, 0.4) is 0 Å². The number of aliphatic hydroxyl groups excluding tert-OH is 1. The van der Waals surface area contributed by atoms with E-state index >= 15 is 0 Å². The number of methoxy groups -OCH3 is 2. The molecule has 0 radical (unpaired) electrons. The summed E-state index contributed by atoms with van der Waals surface area (Å²) >= 11 is 0. The zero-order chi connectivity index (χ0) is 14.4. The van der Waals surface area contributed by atoms with Crippen LogP contribution in [0.2, 0.25) is 0 Å². The summed E-state index contributed by atoms with van der Waals surface area (Å²) in [5.41, 5.74) is 2.91. The Morgan fingerprint density at radius 1 is 0.950 bits per heavy atom. The summed E-state index contributed by atoms with van der Waals surface area (Å²) in [7, 11) is 3.30. The van der Waals surface area contributed by atoms with E-state index in [2.05, 4.69) is 0 Å². The highest BCUT2D eigenvalue weighted by atomic mass is 16.5. The average molecular weight is 272 g/mol. The number of rotatable bonds is 6. The van der Waals surface area contributed by atoms with Crippen LogP contribution >= 0.6 is 0 Å². The smallest absolute Gasteiger partial charge is 0.122 e. The third kappa shape index (κ3) is 3.38. The molecule has 0 saturated heterocycles. The molecule has 2 aromatic carbocycles. The molecular weight excluding hydrogens is 252 g/mol. The first-order valence-electron chi connectivity index (χ1n) is 6.63. The second-order valence-corrected chi connectivity index (χ2v) is 4.66. The standard InChI is InChI=1S/C17H20O3/c1-19-12-14-8-3-5-9-15(14)16(18)11-13-7-4-6-10-17(13)20-2/h3-10,16,18H,11-12H2,1-2H3. The average Bonchev–Trinajstić information content (AvgIpc) is 2.48. The maximum Gasteiger partial charge on any atom is 0.122 e. The lowest BCUT2D eigenvalue weighted by Gasteiger charge is -2.16. The molecule has 0 aromatic heterocycles. The van der Waals surface area contributed by atoms with Gasteiger partial charge in [0.15, 0.2) is 0 Å². The highest BCUT2D eigenvalue weighted by Crippen LogP contribution is 2.26. The van der Waals surface area contributed by atoms with Gasteiger partial charge in [-0.25, -0.2) is 0 Å². The normalized spacial score (nSPS) is 12.2. The molecule has 0 heterocycles. The van der Waals surface area contributed by atoms with Gasteiger partial charge >= 0.3 is 0 Å². The molecule has 2 aromatic rings. The van der Waals surface area contributed by atoms with Gasteiger partial charge in [-0.3, -0.25) is 0 Å². The van der Waals surface area contributed by atoms with E-state index in [9.17, 15) is 5.11 Å². The molecule has 2 rings (SSSR count). The molecule has 0 amide bonds. The fourth-order valence-electron chi connectivity index (χ4n) is 2.34. The van der Waals surface area contributed by atoms with Crippen LogP contribution in [0.4, 0.5) is 0 Å². The van der Waals surface area contributed by atoms with Gasteiger partial charge in [-0.05, 0) is 22.8 Å². The van der Waals surface area contributed by atoms with E-state index in [1.54, 1.807) is 14.2 Å². The van der Waals surface area contributed by atoms with Crippen molar-refractivity contribution in [3.05, 3.63) is 65.2 Å². The van der Waals surface area contributed by atoms with Crippen LogP contribution in [0, 0.1) is 0 Å². The van der Waals surface area contributed by atoms with Gasteiger partial charge in [-0.2, -0.15) is 0 Å². The summed E-state index contributed by atoms with van der Waals surface area (Å²) in [4.78, 5) is 0. The van der Waals surface area contributed by atoms with Crippen molar-refractivity contribution in [2.24, 2.45) is 0 Å². The molecule has 0 saturated carbocycles. The monoisotopic (exact) mass is 272 g/mol. The number of hydrogen-bond donors (Lipinski definition) is 1. The van der Waals surface area contributed by atoms with Gasteiger partial charge in [0.2, 0.25) is 0 Å². The van der Waals surface area contributed by atoms with E-state index in [-0.39, 0.29) is 0 Å². The molecule has 0 bridgehead atoms. The lowest BCUT2D eigenvalue weighted by molar-refractivity contribution is 0.161. The van der Waals surface area contributed by atoms with Gasteiger partial charge in [0.05, 0.1) is 19.8 Å². The molecule has 20 heavy (non-hydrogen) atoms. The van der Waals surface area contributed by atoms with Crippen LogP contribution in [0.25, 0.3) is 0 Å². The summed E-state index contributed by atoms with van der Waals surface area (Å²) in [5.74, 6) is 0.802. The van der Waals surface area contributed by atoms with Crippen LogP contribution in [0.15, 0.2) is 48.5 Å². The first kappa shape index (κ1) is 14.6. The highest BCUT2D eigenvalue weighted by molar-refractivity contribution is 5.36. The molecule has 1 atom stereocenters. The van der Waals surface area contributed by atoms with Gasteiger partial charge in [0.1, 0.15) is 5.75 Å². The summed E-state index contributed by atoms with van der Waals surface area (Å²) in [6.45, 7) is 0.499.